The normalized spacial score (nSPS) is 10.5. The van der Waals surface area contributed by atoms with Crippen LogP contribution in [0.5, 0.6) is 0 Å². The Morgan fingerprint density at radius 1 is 0.941 bits per heavy atom. The topological polar surface area (TPSA) is 0 Å². The molecule has 0 heterocycles. The minimum Gasteiger partial charge on any atom is -0.207 e. The molecule has 0 saturated carbocycles. The van der Waals surface area contributed by atoms with E-state index in [2.05, 4.69) is 32.0 Å². The Labute approximate surface area is 102 Å². The average molecular weight is 228 g/mol. The largest absolute Gasteiger partial charge is 0.207 e. The van der Waals surface area contributed by atoms with Gasteiger partial charge in [0.25, 0.3) is 0 Å². The van der Waals surface area contributed by atoms with Crippen molar-refractivity contribution < 1.29 is 4.39 Å². The van der Waals surface area contributed by atoms with Crippen molar-refractivity contribution in [2.24, 2.45) is 0 Å². The van der Waals surface area contributed by atoms with Gasteiger partial charge >= 0.3 is 0 Å². The molecule has 0 nitrogen and oxygen atoms in total. The molecule has 0 saturated heterocycles. The molecule has 0 aromatic heterocycles. The third kappa shape index (κ3) is 2.38. The molecule has 0 radical (unpaired) electrons. The van der Waals surface area contributed by atoms with Crippen molar-refractivity contribution in [2.45, 2.75) is 26.7 Å². The zero-order valence-corrected chi connectivity index (χ0v) is 10.3. The van der Waals surface area contributed by atoms with Crippen LogP contribution in [0, 0.1) is 5.82 Å². The Morgan fingerprint density at radius 3 is 2.35 bits per heavy atom. The Bertz CT molecular complexity index is 515. The lowest BCUT2D eigenvalue weighted by Crippen LogP contribution is -1.95. The molecule has 0 fully saturated rings. The summed E-state index contributed by atoms with van der Waals surface area (Å²) in [4.78, 5) is 0. The number of aryl methyl sites for hydroxylation is 1. The number of hydrogen-bond acceptors (Lipinski definition) is 0. The first-order valence-electron chi connectivity index (χ1n) is 6.13. The Morgan fingerprint density at radius 2 is 1.71 bits per heavy atom. The Kier molecular flexibility index (Phi) is 3.58. The number of halogens is 1. The van der Waals surface area contributed by atoms with Crippen LogP contribution in [0.1, 0.15) is 25.0 Å². The fourth-order valence-electron chi connectivity index (χ4n) is 2.31. The van der Waals surface area contributed by atoms with E-state index >= 15 is 0 Å². The predicted octanol–water partition coefficient (Wildman–Crippen LogP) is 4.62. The summed E-state index contributed by atoms with van der Waals surface area (Å²) >= 11 is 0. The molecular weight excluding hydrogens is 211 g/mol. The van der Waals surface area contributed by atoms with Crippen LogP contribution < -0.4 is 0 Å². The van der Waals surface area contributed by atoms with Gasteiger partial charge in [-0.2, -0.15) is 0 Å². The molecule has 0 bridgehead atoms. The summed E-state index contributed by atoms with van der Waals surface area (Å²) in [6.45, 7) is 4.31. The van der Waals surface area contributed by atoms with Gasteiger partial charge in [-0.3, -0.25) is 0 Å². The highest BCUT2D eigenvalue weighted by Crippen LogP contribution is 2.27. The van der Waals surface area contributed by atoms with Crippen LogP contribution in [0.4, 0.5) is 4.39 Å². The zero-order valence-electron chi connectivity index (χ0n) is 10.3. The van der Waals surface area contributed by atoms with E-state index in [0.29, 0.717) is 0 Å². The standard InChI is InChI=1S/C16H17F/c1-3-12-7-6-10-16(15(12)4-2)13-8-5-9-14(17)11-13/h5-11H,3-4H2,1-2H3. The number of rotatable bonds is 3. The third-order valence-electron chi connectivity index (χ3n) is 3.14. The van der Waals surface area contributed by atoms with E-state index < -0.39 is 0 Å². The van der Waals surface area contributed by atoms with Crippen molar-refractivity contribution in [3.05, 3.63) is 59.4 Å². The molecule has 1 heteroatoms. The van der Waals surface area contributed by atoms with Crippen LogP contribution in [-0.2, 0) is 12.8 Å². The van der Waals surface area contributed by atoms with E-state index in [1.807, 2.05) is 6.07 Å². The lowest BCUT2D eigenvalue weighted by atomic mass is 9.93. The first kappa shape index (κ1) is 11.8. The van der Waals surface area contributed by atoms with Gasteiger partial charge in [-0.15, -0.1) is 0 Å². The van der Waals surface area contributed by atoms with E-state index in [4.69, 9.17) is 0 Å². The van der Waals surface area contributed by atoms with E-state index in [0.717, 1.165) is 24.0 Å². The fraction of sp³-hybridized carbons (Fsp3) is 0.250. The molecule has 2 aromatic rings. The minimum atomic E-state index is -0.175. The van der Waals surface area contributed by atoms with Gasteiger partial charge in [0.05, 0.1) is 0 Å². The second-order valence-electron chi connectivity index (χ2n) is 4.16. The first-order chi connectivity index (χ1) is 8.26. The van der Waals surface area contributed by atoms with Gasteiger partial charge in [0.1, 0.15) is 5.82 Å². The Balaban J connectivity index is 2.59. The second kappa shape index (κ2) is 5.13. The maximum Gasteiger partial charge on any atom is 0.123 e. The molecule has 17 heavy (non-hydrogen) atoms. The maximum absolute atomic E-state index is 13.3. The lowest BCUT2D eigenvalue weighted by Gasteiger charge is -2.12. The zero-order chi connectivity index (χ0) is 12.3. The summed E-state index contributed by atoms with van der Waals surface area (Å²) in [5, 5.41) is 0. The van der Waals surface area contributed by atoms with Gasteiger partial charge in [-0.05, 0) is 47.2 Å². The van der Waals surface area contributed by atoms with Crippen LogP contribution in [0.15, 0.2) is 42.5 Å². The maximum atomic E-state index is 13.3. The summed E-state index contributed by atoms with van der Waals surface area (Å²) in [5.41, 5.74) is 4.82. The van der Waals surface area contributed by atoms with Gasteiger partial charge < -0.3 is 0 Å². The van der Waals surface area contributed by atoms with Crippen molar-refractivity contribution in [1.29, 1.82) is 0 Å². The van der Waals surface area contributed by atoms with Crippen LogP contribution in [0.25, 0.3) is 11.1 Å². The second-order valence-corrected chi connectivity index (χ2v) is 4.16. The smallest absolute Gasteiger partial charge is 0.123 e. The quantitative estimate of drug-likeness (QED) is 0.719. The van der Waals surface area contributed by atoms with Crippen LogP contribution in [0.2, 0.25) is 0 Å². The lowest BCUT2D eigenvalue weighted by molar-refractivity contribution is 0.628. The van der Waals surface area contributed by atoms with Gasteiger partial charge in [0.2, 0.25) is 0 Å². The molecular formula is C16H17F. The summed E-state index contributed by atoms with van der Waals surface area (Å²) < 4.78 is 13.3. The van der Waals surface area contributed by atoms with E-state index in [1.165, 1.54) is 17.2 Å². The van der Waals surface area contributed by atoms with Crippen molar-refractivity contribution >= 4 is 0 Å². The molecule has 0 amide bonds. The van der Waals surface area contributed by atoms with Crippen molar-refractivity contribution in [1.82, 2.24) is 0 Å². The van der Waals surface area contributed by atoms with Crippen molar-refractivity contribution in [2.75, 3.05) is 0 Å². The molecule has 0 spiro atoms. The third-order valence-corrected chi connectivity index (χ3v) is 3.14. The highest BCUT2D eigenvalue weighted by Gasteiger charge is 2.07. The van der Waals surface area contributed by atoms with Crippen molar-refractivity contribution in [3.8, 4) is 11.1 Å². The van der Waals surface area contributed by atoms with E-state index in [-0.39, 0.29) is 5.82 Å². The molecule has 0 aliphatic carbocycles. The first-order valence-corrected chi connectivity index (χ1v) is 6.13. The molecule has 88 valence electrons. The minimum absolute atomic E-state index is 0.175. The monoisotopic (exact) mass is 228 g/mol. The van der Waals surface area contributed by atoms with Gasteiger partial charge in [0.15, 0.2) is 0 Å². The molecule has 0 unspecified atom stereocenters. The van der Waals surface area contributed by atoms with Gasteiger partial charge in [-0.25, -0.2) is 4.39 Å². The summed E-state index contributed by atoms with van der Waals surface area (Å²) in [7, 11) is 0. The molecule has 0 aliphatic heterocycles. The van der Waals surface area contributed by atoms with Gasteiger partial charge in [-0.1, -0.05) is 44.2 Å². The fourth-order valence-corrected chi connectivity index (χ4v) is 2.31. The molecule has 0 N–H and O–H groups in total. The summed E-state index contributed by atoms with van der Waals surface area (Å²) in [6.07, 6.45) is 2.00. The van der Waals surface area contributed by atoms with Crippen LogP contribution in [-0.4, -0.2) is 0 Å². The Hall–Kier alpha value is -1.63. The molecule has 0 aliphatic rings. The summed E-state index contributed by atoms with van der Waals surface area (Å²) in [5.74, 6) is -0.175. The molecule has 2 rings (SSSR count). The predicted molar refractivity (Wildman–Crippen MR) is 70.6 cm³/mol. The SMILES string of the molecule is CCc1cccc(-c2cccc(F)c2)c1CC. The number of hydrogen-bond donors (Lipinski definition) is 0. The van der Waals surface area contributed by atoms with Gasteiger partial charge in [0, 0.05) is 0 Å². The summed E-state index contributed by atoms with van der Waals surface area (Å²) in [6, 6.07) is 13.1. The van der Waals surface area contributed by atoms with Crippen molar-refractivity contribution in [3.63, 3.8) is 0 Å². The van der Waals surface area contributed by atoms with E-state index in [1.54, 1.807) is 12.1 Å². The highest BCUT2D eigenvalue weighted by molar-refractivity contribution is 5.68. The van der Waals surface area contributed by atoms with E-state index in [9.17, 15) is 4.39 Å². The average Bonchev–Trinajstić information content (AvgIpc) is 2.37. The molecule has 0 atom stereocenters. The highest BCUT2D eigenvalue weighted by atomic mass is 19.1. The van der Waals surface area contributed by atoms with Crippen LogP contribution >= 0.6 is 0 Å². The number of benzene rings is 2. The van der Waals surface area contributed by atoms with Crippen LogP contribution in [0.3, 0.4) is 0 Å². The molecule has 2 aromatic carbocycles.